The fourth-order valence-corrected chi connectivity index (χ4v) is 3.30. The molecule has 1 aliphatic rings. The molecule has 0 aliphatic heterocycles. The summed E-state index contributed by atoms with van der Waals surface area (Å²) in [5, 5.41) is 0.168. The molecule has 1 aliphatic carbocycles. The highest BCUT2D eigenvalue weighted by molar-refractivity contribution is 6.30. The lowest BCUT2D eigenvalue weighted by Crippen LogP contribution is -2.30. The summed E-state index contributed by atoms with van der Waals surface area (Å²) in [5.41, 5.74) is 7.22. The largest absolute Gasteiger partial charge is 0.324 e. The highest BCUT2D eigenvalue weighted by atomic mass is 35.5. The predicted octanol–water partition coefficient (Wildman–Crippen LogP) is 4.70. The average molecular weight is 270 g/mol. The van der Waals surface area contributed by atoms with E-state index in [2.05, 4.69) is 6.92 Å². The van der Waals surface area contributed by atoms with Crippen molar-refractivity contribution in [3.63, 3.8) is 0 Å². The van der Waals surface area contributed by atoms with Crippen molar-refractivity contribution in [2.75, 3.05) is 0 Å². The average Bonchev–Trinajstić information content (AvgIpc) is 2.41. The number of nitrogens with two attached hydrogens (primary N) is 1. The topological polar surface area (TPSA) is 26.0 Å². The first-order valence-electron chi connectivity index (χ1n) is 6.84. The Bertz CT molecular complexity index is 407. The fourth-order valence-electron chi connectivity index (χ4n) is 3.18. The van der Waals surface area contributed by atoms with Crippen LogP contribution in [0.5, 0.6) is 0 Å². The van der Waals surface area contributed by atoms with Crippen LogP contribution >= 0.6 is 11.6 Å². The maximum absolute atomic E-state index is 13.5. The first-order valence-corrected chi connectivity index (χ1v) is 7.21. The Balaban J connectivity index is 2.18. The molecule has 0 spiro atoms. The molecule has 1 fully saturated rings. The molecule has 0 heterocycles. The molecule has 1 saturated carbocycles. The zero-order valence-corrected chi connectivity index (χ0v) is 11.6. The van der Waals surface area contributed by atoms with Crippen LogP contribution in [-0.2, 0) is 0 Å². The molecule has 1 nitrogen and oxygen atoms in total. The van der Waals surface area contributed by atoms with Gasteiger partial charge in [0.05, 0.1) is 5.02 Å². The number of rotatable bonds is 3. The minimum absolute atomic E-state index is 0.0676. The second-order valence-corrected chi connectivity index (χ2v) is 5.72. The lowest BCUT2D eigenvalue weighted by molar-refractivity contribution is 0.196. The normalized spacial score (nSPS) is 26.0. The summed E-state index contributed by atoms with van der Waals surface area (Å²) in [6, 6.07) is 4.89. The van der Waals surface area contributed by atoms with Crippen LogP contribution in [0.1, 0.15) is 50.6 Å². The van der Waals surface area contributed by atoms with Gasteiger partial charge in [-0.15, -0.1) is 0 Å². The molecular weight excluding hydrogens is 249 g/mol. The Hall–Kier alpha value is -0.600. The van der Waals surface area contributed by atoms with Crippen molar-refractivity contribution < 1.29 is 4.39 Å². The first-order chi connectivity index (χ1) is 8.63. The van der Waals surface area contributed by atoms with Gasteiger partial charge in [-0.25, -0.2) is 4.39 Å². The van der Waals surface area contributed by atoms with Crippen LogP contribution in [0.2, 0.25) is 5.02 Å². The first kappa shape index (κ1) is 13.8. The Morgan fingerprint density at radius 1 is 1.39 bits per heavy atom. The number of hydrogen-bond donors (Lipinski definition) is 1. The van der Waals surface area contributed by atoms with E-state index >= 15 is 0 Å². The molecule has 1 aromatic carbocycles. The van der Waals surface area contributed by atoms with E-state index in [4.69, 9.17) is 17.3 Å². The molecular formula is C15H21ClFN. The minimum Gasteiger partial charge on any atom is -0.324 e. The quantitative estimate of drug-likeness (QED) is 0.846. The van der Waals surface area contributed by atoms with Crippen LogP contribution in [0.15, 0.2) is 18.2 Å². The second-order valence-electron chi connectivity index (χ2n) is 5.32. The third-order valence-electron chi connectivity index (χ3n) is 4.28. The number of hydrogen-bond acceptors (Lipinski definition) is 1. The highest BCUT2D eigenvalue weighted by Crippen LogP contribution is 2.39. The van der Waals surface area contributed by atoms with Gasteiger partial charge in [-0.1, -0.05) is 50.3 Å². The van der Waals surface area contributed by atoms with Gasteiger partial charge in [0.2, 0.25) is 0 Å². The summed E-state index contributed by atoms with van der Waals surface area (Å²) in [4.78, 5) is 0. The molecule has 18 heavy (non-hydrogen) atoms. The molecule has 3 heteroatoms. The Labute approximate surface area is 114 Å². The zero-order valence-electron chi connectivity index (χ0n) is 10.8. The molecule has 2 rings (SSSR count). The summed E-state index contributed by atoms with van der Waals surface area (Å²) in [7, 11) is 0. The highest BCUT2D eigenvalue weighted by Gasteiger charge is 2.29. The molecule has 0 radical (unpaired) electrons. The summed E-state index contributed by atoms with van der Waals surface area (Å²) >= 11 is 5.71. The van der Waals surface area contributed by atoms with Gasteiger partial charge in [0, 0.05) is 6.04 Å². The molecule has 0 amide bonds. The maximum Gasteiger partial charge on any atom is 0.142 e. The molecule has 3 unspecified atom stereocenters. The van der Waals surface area contributed by atoms with Crippen LogP contribution in [0.3, 0.4) is 0 Å². The van der Waals surface area contributed by atoms with Gasteiger partial charge in [-0.2, -0.15) is 0 Å². The summed E-state index contributed by atoms with van der Waals surface area (Å²) in [5.74, 6) is 0.783. The third kappa shape index (κ3) is 2.86. The van der Waals surface area contributed by atoms with E-state index in [0.717, 1.165) is 18.4 Å². The summed E-state index contributed by atoms with van der Waals surface area (Å²) in [6.45, 7) is 2.22. The SMILES string of the molecule is CCC1CCCCC1C(N)c1ccc(Cl)c(F)c1. The van der Waals surface area contributed by atoms with Crippen molar-refractivity contribution in [3.05, 3.63) is 34.6 Å². The summed E-state index contributed by atoms with van der Waals surface area (Å²) in [6.07, 6.45) is 6.12. The van der Waals surface area contributed by atoms with Gasteiger partial charge >= 0.3 is 0 Å². The van der Waals surface area contributed by atoms with E-state index in [-0.39, 0.29) is 16.9 Å². The van der Waals surface area contributed by atoms with E-state index in [0.29, 0.717) is 11.8 Å². The van der Waals surface area contributed by atoms with Gasteiger partial charge in [0.15, 0.2) is 0 Å². The second kappa shape index (κ2) is 6.03. The number of benzene rings is 1. The minimum atomic E-state index is -0.367. The van der Waals surface area contributed by atoms with Crippen LogP contribution in [0, 0.1) is 17.7 Å². The molecule has 0 aromatic heterocycles. The van der Waals surface area contributed by atoms with Crippen molar-refractivity contribution in [1.82, 2.24) is 0 Å². The molecule has 100 valence electrons. The van der Waals surface area contributed by atoms with Crippen LogP contribution in [0.4, 0.5) is 4.39 Å². The van der Waals surface area contributed by atoms with Crippen molar-refractivity contribution in [2.24, 2.45) is 17.6 Å². The van der Waals surface area contributed by atoms with E-state index in [1.807, 2.05) is 6.07 Å². The molecule has 3 atom stereocenters. The van der Waals surface area contributed by atoms with Crippen LogP contribution in [0.25, 0.3) is 0 Å². The summed E-state index contributed by atoms with van der Waals surface area (Å²) < 4.78 is 13.5. The Kier molecular flexibility index (Phi) is 4.63. The van der Waals surface area contributed by atoms with Crippen LogP contribution in [-0.4, -0.2) is 0 Å². The number of halogens is 2. The van der Waals surface area contributed by atoms with Gasteiger partial charge in [-0.05, 0) is 36.0 Å². The maximum atomic E-state index is 13.5. The van der Waals surface area contributed by atoms with E-state index < -0.39 is 0 Å². The molecule has 2 N–H and O–H groups in total. The molecule has 0 bridgehead atoms. The standard InChI is InChI=1S/C15H21ClFN/c1-2-10-5-3-4-6-12(10)15(18)11-7-8-13(16)14(17)9-11/h7-10,12,15H,2-6,18H2,1H3. The third-order valence-corrected chi connectivity index (χ3v) is 4.59. The van der Waals surface area contributed by atoms with Gasteiger partial charge in [0.1, 0.15) is 5.82 Å². The van der Waals surface area contributed by atoms with Crippen LogP contribution < -0.4 is 5.73 Å². The lowest BCUT2D eigenvalue weighted by atomic mass is 9.72. The van der Waals surface area contributed by atoms with Crippen molar-refractivity contribution in [2.45, 2.75) is 45.1 Å². The lowest BCUT2D eigenvalue weighted by Gasteiger charge is -2.35. The Morgan fingerprint density at radius 2 is 2.11 bits per heavy atom. The van der Waals surface area contributed by atoms with Crippen molar-refractivity contribution >= 4 is 11.6 Å². The molecule has 0 saturated heterocycles. The van der Waals surface area contributed by atoms with Crippen molar-refractivity contribution in [3.8, 4) is 0 Å². The van der Waals surface area contributed by atoms with Crippen molar-refractivity contribution in [1.29, 1.82) is 0 Å². The monoisotopic (exact) mass is 269 g/mol. The predicted molar refractivity (Wildman–Crippen MR) is 74.1 cm³/mol. The zero-order chi connectivity index (χ0) is 13.1. The van der Waals surface area contributed by atoms with Gasteiger partial charge < -0.3 is 5.73 Å². The van der Waals surface area contributed by atoms with E-state index in [1.165, 1.54) is 25.3 Å². The Morgan fingerprint density at radius 3 is 2.78 bits per heavy atom. The van der Waals surface area contributed by atoms with E-state index in [1.54, 1.807) is 6.07 Å². The smallest absolute Gasteiger partial charge is 0.142 e. The molecule has 1 aromatic rings. The van der Waals surface area contributed by atoms with E-state index in [9.17, 15) is 4.39 Å². The van der Waals surface area contributed by atoms with Gasteiger partial charge in [0.25, 0.3) is 0 Å². The van der Waals surface area contributed by atoms with Gasteiger partial charge in [-0.3, -0.25) is 0 Å². The fraction of sp³-hybridized carbons (Fsp3) is 0.600.